The predicted molar refractivity (Wildman–Crippen MR) is 83.0 cm³/mol. The van der Waals surface area contributed by atoms with Crippen molar-refractivity contribution in [2.45, 2.75) is 38.8 Å². The highest BCUT2D eigenvalue weighted by Crippen LogP contribution is 2.27. The van der Waals surface area contributed by atoms with E-state index in [2.05, 4.69) is 23.3 Å². The number of hydrogen-bond donors (Lipinski definition) is 2. The Morgan fingerprint density at radius 3 is 3.00 bits per heavy atom. The summed E-state index contributed by atoms with van der Waals surface area (Å²) in [7, 11) is 0. The van der Waals surface area contributed by atoms with Gasteiger partial charge >= 0.3 is 0 Å². The van der Waals surface area contributed by atoms with Crippen LogP contribution in [-0.4, -0.2) is 23.7 Å². The number of ether oxygens (including phenoxy) is 1. The Hall–Kier alpha value is -1.81. The van der Waals surface area contributed by atoms with Gasteiger partial charge in [-0.1, -0.05) is 0 Å². The number of hydrogen-bond acceptors (Lipinski definition) is 4. The highest BCUT2D eigenvalue weighted by atomic mass is 16.5. The average Bonchev–Trinajstić information content (AvgIpc) is 2.39. The molecular weight excluding hydrogens is 250 g/mol. The van der Waals surface area contributed by atoms with E-state index in [9.17, 15) is 0 Å². The summed E-state index contributed by atoms with van der Waals surface area (Å²) in [5, 5.41) is 4.74. The molecule has 4 nitrogen and oxygen atoms in total. The molecule has 20 heavy (non-hydrogen) atoms. The van der Waals surface area contributed by atoms with Crippen LogP contribution in [0, 0.1) is 6.92 Å². The van der Waals surface area contributed by atoms with Gasteiger partial charge in [-0.15, -0.1) is 0 Å². The number of nitrogen functional groups attached to an aromatic ring is 1. The fraction of sp³-hybridized carbons (Fsp3) is 0.438. The lowest BCUT2D eigenvalue weighted by Gasteiger charge is -2.29. The largest absolute Gasteiger partial charge is 0.399 e. The molecule has 3 rings (SSSR count). The van der Waals surface area contributed by atoms with Crippen LogP contribution >= 0.6 is 0 Å². The van der Waals surface area contributed by atoms with E-state index >= 15 is 0 Å². The van der Waals surface area contributed by atoms with Gasteiger partial charge in [0, 0.05) is 35.1 Å². The number of rotatable bonds is 2. The first-order valence-corrected chi connectivity index (χ1v) is 7.17. The summed E-state index contributed by atoms with van der Waals surface area (Å²) >= 11 is 0. The molecule has 106 valence electrons. The van der Waals surface area contributed by atoms with Crippen LogP contribution in [0.15, 0.2) is 24.3 Å². The van der Waals surface area contributed by atoms with Crippen molar-refractivity contribution in [2.75, 3.05) is 17.7 Å². The Kier molecular flexibility index (Phi) is 3.49. The fourth-order valence-corrected chi connectivity index (χ4v) is 2.84. The van der Waals surface area contributed by atoms with E-state index < -0.39 is 0 Å². The molecule has 2 unspecified atom stereocenters. The molecule has 4 heteroatoms. The number of nitrogens with two attached hydrogens (primary N) is 1. The number of aryl methyl sites for hydroxylation is 1. The van der Waals surface area contributed by atoms with Crippen LogP contribution in [0.1, 0.15) is 25.5 Å². The highest BCUT2D eigenvalue weighted by Gasteiger charge is 2.19. The molecule has 0 amide bonds. The Morgan fingerprint density at radius 1 is 1.35 bits per heavy atom. The molecule has 2 heterocycles. The first kappa shape index (κ1) is 13.2. The first-order chi connectivity index (χ1) is 9.61. The predicted octanol–water partition coefficient (Wildman–Crippen LogP) is 3.10. The van der Waals surface area contributed by atoms with E-state index in [0.717, 1.165) is 47.4 Å². The van der Waals surface area contributed by atoms with E-state index in [-0.39, 0.29) is 0 Å². The second-order valence-electron chi connectivity index (χ2n) is 5.63. The number of fused-ring (bicyclic) bond motifs is 1. The molecule has 0 spiro atoms. The lowest BCUT2D eigenvalue weighted by molar-refractivity contribution is 0.0232. The van der Waals surface area contributed by atoms with Crippen molar-refractivity contribution in [3.8, 4) is 0 Å². The van der Waals surface area contributed by atoms with Crippen LogP contribution in [0.3, 0.4) is 0 Å². The van der Waals surface area contributed by atoms with Gasteiger partial charge in [0.25, 0.3) is 0 Å². The summed E-state index contributed by atoms with van der Waals surface area (Å²) in [5.74, 6) is 0. The van der Waals surface area contributed by atoms with Crippen LogP contribution in [0.4, 0.5) is 11.4 Å². The summed E-state index contributed by atoms with van der Waals surface area (Å²) in [5.41, 5.74) is 9.81. The number of nitrogens with one attached hydrogen (secondary N) is 1. The quantitative estimate of drug-likeness (QED) is 0.824. The Morgan fingerprint density at radius 2 is 2.20 bits per heavy atom. The van der Waals surface area contributed by atoms with Crippen LogP contribution in [-0.2, 0) is 4.74 Å². The third-order valence-electron chi connectivity index (χ3n) is 3.81. The smallest absolute Gasteiger partial charge is 0.0727 e. The van der Waals surface area contributed by atoms with Gasteiger partial charge in [0.2, 0.25) is 0 Å². The van der Waals surface area contributed by atoms with Crippen LogP contribution in [0.2, 0.25) is 0 Å². The summed E-state index contributed by atoms with van der Waals surface area (Å²) < 4.78 is 5.60. The number of pyridine rings is 1. The van der Waals surface area contributed by atoms with Gasteiger partial charge < -0.3 is 15.8 Å². The van der Waals surface area contributed by atoms with Gasteiger partial charge in [0.05, 0.1) is 11.6 Å². The molecule has 2 atom stereocenters. The zero-order valence-electron chi connectivity index (χ0n) is 12.0. The van der Waals surface area contributed by atoms with E-state index in [0.29, 0.717) is 12.1 Å². The number of nitrogens with zero attached hydrogens (tertiary/aromatic N) is 1. The maximum atomic E-state index is 5.91. The monoisotopic (exact) mass is 271 g/mol. The van der Waals surface area contributed by atoms with Crippen LogP contribution in [0.5, 0.6) is 0 Å². The maximum absolute atomic E-state index is 5.91. The SMILES string of the molecule is Cc1cc(NC2CCOC(C)C2)c2cc(N)ccc2n1. The van der Waals surface area contributed by atoms with E-state index in [1.807, 2.05) is 25.1 Å². The molecule has 1 saturated heterocycles. The molecule has 1 aliphatic rings. The van der Waals surface area contributed by atoms with Crippen molar-refractivity contribution in [1.29, 1.82) is 0 Å². The molecule has 0 radical (unpaired) electrons. The van der Waals surface area contributed by atoms with Crippen molar-refractivity contribution in [3.05, 3.63) is 30.0 Å². The second-order valence-corrected chi connectivity index (χ2v) is 5.63. The third-order valence-corrected chi connectivity index (χ3v) is 3.81. The first-order valence-electron chi connectivity index (χ1n) is 7.17. The maximum Gasteiger partial charge on any atom is 0.0727 e. The molecule has 0 bridgehead atoms. The Balaban J connectivity index is 1.95. The summed E-state index contributed by atoms with van der Waals surface area (Å²) in [6.07, 6.45) is 2.39. The third kappa shape index (κ3) is 2.70. The zero-order chi connectivity index (χ0) is 14.1. The summed E-state index contributed by atoms with van der Waals surface area (Å²) in [4.78, 5) is 4.57. The number of benzene rings is 1. The normalized spacial score (nSPS) is 22.9. The highest BCUT2D eigenvalue weighted by molar-refractivity contribution is 5.93. The second kappa shape index (κ2) is 5.29. The molecule has 1 fully saturated rings. The average molecular weight is 271 g/mol. The lowest BCUT2D eigenvalue weighted by atomic mass is 10.0. The van der Waals surface area contributed by atoms with Crippen molar-refractivity contribution in [3.63, 3.8) is 0 Å². The van der Waals surface area contributed by atoms with Crippen molar-refractivity contribution >= 4 is 22.3 Å². The number of anilines is 2. The Bertz CT molecular complexity index is 626. The minimum Gasteiger partial charge on any atom is -0.399 e. The minimum atomic E-state index is 0.320. The Labute approximate surface area is 119 Å². The zero-order valence-corrected chi connectivity index (χ0v) is 12.0. The molecule has 2 aromatic rings. The summed E-state index contributed by atoms with van der Waals surface area (Å²) in [6.45, 7) is 4.97. The van der Waals surface area contributed by atoms with Crippen LogP contribution < -0.4 is 11.1 Å². The van der Waals surface area contributed by atoms with Gasteiger partial charge in [0.1, 0.15) is 0 Å². The standard InChI is InChI=1S/C16H21N3O/c1-10-7-16(19-13-5-6-20-11(2)8-13)14-9-12(17)3-4-15(14)18-10/h3-4,7,9,11,13H,5-6,8,17H2,1-2H3,(H,18,19). The van der Waals surface area contributed by atoms with Gasteiger partial charge in [-0.3, -0.25) is 4.98 Å². The fourth-order valence-electron chi connectivity index (χ4n) is 2.84. The molecule has 1 aromatic carbocycles. The topological polar surface area (TPSA) is 60.2 Å². The molecular formula is C16H21N3O. The summed E-state index contributed by atoms with van der Waals surface area (Å²) in [6, 6.07) is 8.42. The lowest BCUT2D eigenvalue weighted by Crippen LogP contribution is -2.32. The van der Waals surface area contributed by atoms with Crippen molar-refractivity contribution in [1.82, 2.24) is 4.98 Å². The van der Waals surface area contributed by atoms with Gasteiger partial charge in [0.15, 0.2) is 0 Å². The van der Waals surface area contributed by atoms with Crippen molar-refractivity contribution < 1.29 is 4.74 Å². The molecule has 3 N–H and O–H groups in total. The van der Waals surface area contributed by atoms with E-state index in [4.69, 9.17) is 10.5 Å². The van der Waals surface area contributed by atoms with E-state index in [1.54, 1.807) is 0 Å². The van der Waals surface area contributed by atoms with E-state index in [1.165, 1.54) is 0 Å². The minimum absolute atomic E-state index is 0.320. The van der Waals surface area contributed by atoms with Crippen molar-refractivity contribution in [2.24, 2.45) is 0 Å². The van der Waals surface area contributed by atoms with Crippen LogP contribution in [0.25, 0.3) is 10.9 Å². The molecule has 1 aliphatic heterocycles. The molecule has 0 aliphatic carbocycles. The molecule has 1 aromatic heterocycles. The van der Waals surface area contributed by atoms with Gasteiger partial charge in [-0.2, -0.15) is 0 Å². The number of aromatic nitrogens is 1. The van der Waals surface area contributed by atoms with Gasteiger partial charge in [-0.05, 0) is 51.0 Å². The van der Waals surface area contributed by atoms with Gasteiger partial charge in [-0.25, -0.2) is 0 Å². The molecule has 0 saturated carbocycles.